The predicted octanol–water partition coefficient (Wildman–Crippen LogP) is 4.76. The van der Waals surface area contributed by atoms with Gasteiger partial charge in [-0.2, -0.15) is 0 Å². The molecule has 0 radical (unpaired) electrons. The number of carbonyl (C=O) groups is 2. The summed E-state index contributed by atoms with van der Waals surface area (Å²) < 4.78 is 6.23. The van der Waals surface area contributed by atoms with Gasteiger partial charge >= 0.3 is 0 Å². The van der Waals surface area contributed by atoms with E-state index in [-0.39, 0.29) is 30.3 Å². The van der Waals surface area contributed by atoms with E-state index in [1.807, 2.05) is 24.8 Å². The van der Waals surface area contributed by atoms with Crippen molar-refractivity contribution in [2.75, 3.05) is 26.2 Å². The van der Waals surface area contributed by atoms with E-state index in [1.54, 1.807) is 16.2 Å². The average Bonchev–Trinajstić information content (AvgIpc) is 3.44. The zero-order chi connectivity index (χ0) is 22.8. The zero-order valence-corrected chi connectivity index (χ0v) is 20.4. The first-order valence-corrected chi connectivity index (χ1v) is 12.6. The first kappa shape index (κ1) is 22.8. The van der Waals surface area contributed by atoms with Crippen LogP contribution in [0, 0.1) is 25.7 Å². The average molecular weight is 455 g/mol. The molecule has 1 saturated carbocycles. The van der Waals surface area contributed by atoms with Crippen LogP contribution in [-0.2, 0) is 16.0 Å². The highest BCUT2D eigenvalue weighted by Crippen LogP contribution is 2.35. The highest BCUT2D eigenvalue weighted by Gasteiger charge is 2.35. The van der Waals surface area contributed by atoms with E-state index in [9.17, 15) is 9.59 Å². The molecule has 0 N–H and O–H groups in total. The molecule has 4 rings (SSSR count). The van der Waals surface area contributed by atoms with Crippen LogP contribution in [0.25, 0.3) is 0 Å². The number of ether oxygens (including phenoxy) is 1. The van der Waals surface area contributed by atoms with Crippen molar-refractivity contribution in [3.63, 3.8) is 0 Å². The van der Waals surface area contributed by atoms with E-state index >= 15 is 0 Å². The van der Waals surface area contributed by atoms with Crippen molar-refractivity contribution < 1.29 is 14.3 Å². The van der Waals surface area contributed by atoms with E-state index in [0.717, 1.165) is 30.6 Å². The molecule has 1 aromatic heterocycles. The largest absolute Gasteiger partial charge is 0.491 e. The van der Waals surface area contributed by atoms with Crippen molar-refractivity contribution in [1.29, 1.82) is 0 Å². The lowest BCUT2D eigenvalue weighted by molar-refractivity contribution is -0.144. The molecule has 1 aliphatic heterocycles. The number of benzene rings is 1. The normalized spacial score (nSPS) is 17.9. The number of hydrogen-bond acceptors (Lipinski definition) is 4. The standard InChI is InChI=1S/C26H34N2O3S/c1-17(2)26(30)27(14-20-6-7-20)15-25(29)28-11-9-24-21(10-12-32-24)22(28)16-31-23-8-5-18(3)13-19(23)4/h5,8,10,12-13,17,20,22H,6-7,9,11,14-16H2,1-4H3/t22-/m0/s1. The molecule has 0 saturated heterocycles. The maximum Gasteiger partial charge on any atom is 0.242 e. The first-order chi connectivity index (χ1) is 15.3. The Morgan fingerprint density at radius 3 is 2.69 bits per heavy atom. The summed E-state index contributed by atoms with van der Waals surface area (Å²) in [5, 5.41) is 2.10. The highest BCUT2D eigenvalue weighted by molar-refractivity contribution is 7.10. The molecule has 32 heavy (non-hydrogen) atoms. The molecule has 0 bridgehead atoms. The Hall–Kier alpha value is -2.34. The van der Waals surface area contributed by atoms with Crippen LogP contribution in [0.15, 0.2) is 29.6 Å². The molecule has 1 atom stereocenters. The Bertz CT molecular complexity index is 979. The third-order valence-corrected chi connectivity index (χ3v) is 7.45. The topological polar surface area (TPSA) is 49.9 Å². The minimum Gasteiger partial charge on any atom is -0.491 e. The Kier molecular flexibility index (Phi) is 6.89. The van der Waals surface area contributed by atoms with E-state index in [1.165, 1.54) is 16.0 Å². The molecule has 1 aliphatic carbocycles. The van der Waals surface area contributed by atoms with Gasteiger partial charge in [-0.1, -0.05) is 31.5 Å². The minimum atomic E-state index is -0.130. The summed E-state index contributed by atoms with van der Waals surface area (Å²) in [7, 11) is 0. The van der Waals surface area contributed by atoms with Crippen molar-refractivity contribution in [2.45, 2.75) is 53.0 Å². The number of carbonyl (C=O) groups excluding carboxylic acids is 2. The third-order valence-electron chi connectivity index (χ3n) is 6.45. The molecule has 2 aromatic rings. The summed E-state index contributed by atoms with van der Waals surface area (Å²) in [6.07, 6.45) is 3.17. The van der Waals surface area contributed by atoms with Crippen LogP contribution in [-0.4, -0.2) is 47.9 Å². The lowest BCUT2D eigenvalue weighted by Gasteiger charge is -2.37. The first-order valence-electron chi connectivity index (χ1n) is 11.7. The van der Waals surface area contributed by atoms with Crippen molar-refractivity contribution >= 4 is 23.2 Å². The van der Waals surface area contributed by atoms with Gasteiger partial charge in [0.05, 0.1) is 12.6 Å². The Balaban J connectivity index is 1.51. The molecule has 1 aromatic carbocycles. The van der Waals surface area contributed by atoms with Gasteiger partial charge in [0.15, 0.2) is 0 Å². The third kappa shape index (κ3) is 5.17. The summed E-state index contributed by atoms with van der Waals surface area (Å²) in [5.41, 5.74) is 3.49. The maximum absolute atomic E-state index is 13.5. The lowest BCUT2D eigenvalue weighted by Crippen LogP contribution is -2.49. The second kappa shape index (κ2) is 9.65. The molecule has 0 unspecified atom stereocenters. The number of amides is 2. The second-order valence-corrected chi connectivity index (χ2v) is 10.5. The van der Waals surface area contributed by atoms with E-state index < -0.39 is 0 Å². The van der Waals surface area contributed by atoms with Crippen LogP contribution in [0.5, 0.6) is 5.75 Å². The van der Waals surface area contributed by atoms with E-state index in [2.05, 4.69) is 37.4 Å². The van der Waals surface area contributed by atoms with Crippen molar-refractivity contribution in [3.8, 4) is 5.75 Å². The summed E-state index contributed by atoms with van der Waals surface area (Å²) in [6, 6.07) is 8.16. The molecule has 172 valence electrons. The summed E-state index contributed by atoms with van der Waals surface area (Å²) in [6.45, 7) is 9.88. The number of hydrogen-bond donors (Lipinski definition) is 0. The molecule has 2 heterocycles. The summed E-state index contributed by atoms with van der Waals surface area (Å²) in [4.78, 5) is 31.3. The van der Waals surface area contributed by atoms with Gasteiger partial charge in [0.1, 0.15) is 12.4 Å². The number of thiophene rings is 1. The highest BCUT2D eigenvalue weighted by atomic mass is 32.1. The van der Waals surface area contributed by atoms with Gasteiger partial charge in [-0.25, -0.2) is 0 Å². The summed E-state index contributed by atoms with van der Waals surface area (Å²) in [5.74, 6) is 1.40. The van der Waals surface area contributed by atoms with Gasteiger partial charge in [0.25, 0.3) is 0 Å². The molecular weight excluding hydrogens is 420 g/mol. The maximum atomic E-state index is 13.5. The Labute approximate surface area is 195 Å². The van der Waals surface area contributed by atoms with E-state index in [4.69, 9.17) is 4.74 Å². The smallest absolute Gasteiger partial charge is 0.242 e. The molecule has 5 nitrogen and oxygen atoms in total. The van der Waals surface area contributed by atoms with Crippen LogP contribution in [0.2, 0.25) is 0 Å². The SMILES string of the molecule is Cc1ccc(OC[C@H]2c3ccsc3CCN2C(=O)CN(CC2CC2)C(=O)C(C)C)c(C)c1. The molecule has 6 heteroatoms. The quantitative estimate of drug-likeness (QED) is 0.578. The Morgan fingerprint density at radius 2 is 2.00 bits per heavy atom. The van der Waals surface area contributed by atoms with Crippen LogP contribution >= 0.6 is 11.3 Å². The summed E-state index contributed by atoms with van der Waals surface area (Å²) >= 11 is 1.75. The monoisotopic (exact) mass is 454 g/mol. The molecule has 0 spiro atoms. The van der Waals surface area contributed by atoms with Gasteiger partial charge in [0, 0.05) is 23.9 Å². The minimum absolute atomic E-state index is 0.0192. The van der Waals surface area contributed by atoms with Crippen molar-refractivity contribution in [1.82, 2.24) is 9.80 Å². The van der Waals surface area contributed by atoms with Crippen LogP contribution < -0.4 is 4.74 Å². The van der Waals surface area contributed by atoms with Crippen LogP contribution in [0.1, 0.15) is 54.3 Å². The number of aryl methyl sites for hydroxylation is 2. The fourth-order valence-corrected chi connectivity index (χ4v) is 5.40. The van der Waals surface area contributed by atoms with Gasteiger partial charge in [-0.15, -0.1) is 11.3 Å². The van der Waals surface area contributed by atoms with Gasteiger partial charge in [-0.3, -0.25) is 9.59 Å². The van der Waals surface area contributed by atoms with Crippen LogP contribution in [0.3, 0.4) is 0 Å². The molecule has 1 fully saturated rings. The number of nitrogens with zero attached hydrogens (tertiary/aromatic N) is 2. The Morgan fingerprint density at radius 1 is 1.22 bits per heavy atom. The van der Waals surface area contributed by atoms with Crippen molar-refractivity contribution in [3.05, 3.63) is 51.2 Å². The number of fused-ring (bicyclic) bond motifs is 1. The second-order valence-electron chi connectivity index (χ2n) is 9.55. The van der Waals surface area contributed by atoms with Crippen LogP contribution in [0.4, 0.5) is 0 Å². The van der Waals surface area contributed by atoms with Gasteiger partial charge in [0.2, 0.25) is 11.8 Å². The molecule has 2 aliphatic rings. The van der Waals surface area contributed by atoms with Gasteiger partial charge in [-0.05, 0) is 67.7 Å². The predicted molar refractivity (Wildman–Crippen MR) is 128 cm³/mol. The molecule has 2 amide bonds. The van der Waals surface area contributed by atoms with Gasteiger partial charge < -0.3 is 14.5 Å². The fourth-order valence-electron chi connectivity index (χ4n) is 4.47. The zero-order valence-electron chi connectivity index (χ0n) is 19.6. The molecular formula is C26H34N2O3S. The lowest BCUT2D eigenvalue weighted by atomic mass is 10.00. The van der Waals surface area contributed by atoms with Crippen molar-refractivity contribution in [2.24, 2.45) is 11.8 Å². The fraction of sp³-hybridized carbons (Fsp3) is 0.538. The van der Waals surface area contributed by atoms with E-state index in [0.29, 0.717) is 25.6 Å². The number of rotatable bonds is 8.